The lowest BCUT2D eigenvalue weighted by Gasteiger charge is -2.07. The maximum absolute atomic E-state index is 12.3. The zero-order valence-corrected chi connectivity index (χ0v) is 12.4. The van der Waals surface area contributed by atoms with Crippen LogP contribution in [0.4, 0.5) is 0 Å². The molecule has 0 aliphatic heterocycles. The summed E-state index contributed by atoms with van der Waals surface area (Å²) in [6, 6.07) is 16.3. The van der Waals surface area contributed by atoms with Crippen LogP contribution in [-0.4, -0.2) is 10.8 Å². The average molecular weight is 341 g/mol. The predicted molar refractivity (Wildman–Crippen MR) is 80.8 cm³/mol. The van der Waals surface area contributed by atoms with Crippen LogP contribution in [0.25, 0.3) is 10.9 Å². The third-order valence-corrected chi connectivity index (χ3v) is 3.55. The smallest absolute Gasteiger partial charge is 0.221 e. The Kier molecular flexibility index (Phi) is 3.55. The third kappa shape index (κ3) is 2.58. The molecule has 2 aromatic heterocycles. The van der Waals surface area contributed by atoms with Gasteiger partial charge in [-0.25, -0.2) is 0 Å². The molecule has 3 aromatic rings. The van der Waals surface area contributed by atoms with Crippen molar-refractivity contribution in [3.05, 3.63) is 64.7 Å². The fraction of sp³-hybridized carbons (Fsp3) is 0.0625. The Labute approximate surface area is 129 Å². The molecule has 0 aliphatic rings. The van der Waals surface area contributed by atoms with Crippen molar-refractivity contribution in [1.82, 2.24) is 4.98 Å². The van der Waals surface area contributed by atoms with Crippen molar-refractivity contribution in [2.45, 2.75) is 5.92 Å². The van der Waals surface area contributed by atoms with Crippen LogP contribution in [-0.2, 0) is 0 Å². The number of aromatic nitrogens is 1. The van der Waals surface area contributed by atoms with E-state index in [-0.39, 0.29) is 5.76 Å². The van der Waals surface area contributed by atoms with Crippen LogP contribution in [0.15, 0.2) is 57.6 Å². The number of fused-ring (bicyclic) bond motifs is 1. The summed E-state index contributed by atoms with van der Waals surface area (Å²) in [5, 5.41) is 10.3. The van der Waals surface area contributed by atoms with Gasteiger partial charge >= 0.3 is 0 Å². The molecule has 102 valence electrons. The summed E-state index contributed by atoms with van der Waals surface area (Å²) in [6.45, 7) is 0. The second-order valence-corrected chi connectivity index (χ2v) is 5.24. The van der Waals surface area contributed by atoms with Crippen molar-refractivity contribution in [3.63, 3.8) is 0 Å². The van der Waals surface area contributed by atoms with E-state index in [1.165, 1.54) is 6.07 Å². The molecule has 0 radical (unpaired) electrons. The number of rotatable bonds is 3. The fourth-order valence-electron chi connectivity index (χ4n) is 2.09. The van der Waals surface area contributed by atoms with Gasteiger partial charge in [-0.15, -0.1) is 0 Å². The summed E-state index contributed by atoms with van der Waals surface area (Å²) in [5.41, 5.74) is 1.18. The Morgan fingerprint density at radius 1 is 1.19 bits per heavy atom. The number of ketones is 1. The van der Waals surface area contributed by atoms with E-state index in [0.717, 1.165) is 10.9 Å². The molecule has 2 heterocycles. The summed E-state index contributed by atoms with van der Waals surface area (Å²) < 4.78 is 5.68. The molecule has 1 aromatic carbocycles. The Bertz CT molecular complexity index is 864. The molecule has 5 heteroatoms. The molecular weight excluding hydrogens is 332 g/mol. The zero-order chi connectivity index (χ0) is 14.8. The monoisotopic (exact) mass is 340 g/mol. The number of hydrogen-bond donors (Lipinski definition) is 0. The molecule has 0 bridgehead atoms. The van der Waals surface area contributed by atoms with Crippen molar-refractivity contribution in [2.75, 3.05) is 0 Å². The van der Waals surface area contributed by atoms with Crippen LogP contribution in [0.2, 0.25) is 0 Å². The second kappa shape index (κ2) is 5.51. The quantitative estimate of drug-likeness (QED) is 0.673. The first kappa shape index (κ1) is 13.5. The van der Waals surface area contributed by atoms with Crippen molar-refractivity contribution in [2.24, 2.45) is 0 Å². The number of nitriles is 1. The van der Waals surface area contributed by atoms with Crippen LogP contribution in [0, 0.1) is 11.3 Å². The maximum Gasteiger partial charge on any atom is 0.221 e. The predicted octanol–water partition coefficient (Wildman–Crippen LogP) is 4.08. The van der Waals surface area contributed by atoms with Gasteiger partial charge in [-0.2, -0.15) is 5.26 Å². The van der Waals surface area contributed by atoms with Gasteiger partial charge in [0.25, 0.3) is 0 Å². The minimum atomic E-state index is -0.979. The second-order valence-electron chi connectivity index (χ2n) is 4.46. The molecule has 0 saturated heterocycles. The Morgan fingerprint density at radius 3 is 2.71 bits per heavy atom. The first-order chi connectivity index (χ1) is 10.2. The number of furan rings is 1. The highest BCUT2D eigenvalue weighted by Gasteiger charge is 2.25. The number of halogens is 1. The molecule has 0 saturated carbocycles. The molecule has 3 rings (SSSR count). The van der Waals surface area contributed by atoms with Gasteiger partial charge in [-0.1, -0.05) is 24.3 Å². The van der Waals surface area contributed by atoms with Crippen LogP contribution in [0.3, 0.4) is 0 Å². The molecule has 0 N–H and O–H groups in total. The first-order valence-electron chi connectivity index (χ1n) is 6.24. The zero-order valence-electron chi connectivity index (χ0n) is 10.8. The largest absolute Gasteiger partial charge is 0.446 e. The molecular formula is C16H9BrN2O2. The molecule has 1 atom stereocenters. The Balaban J connectivity index is 2.02. The van der Waals surface area contributed by atoms with Crippen molar-refractivity contribution >= 4 is 32.6 Å². The third-order valence-electron chi connectivity index (χ3n) is 3.12. The van der Waals surface area contributed by atoms with Gasteiger partial charge in [0.1, 0.15) is 0 Å². The lowest BCUT2D eigenvalue weighted by atomic mass is 9.99. The minimum Gasteiger partial charge on any atom is -0.446 e. The van der Waals surface area contributed by atoms with E-state index in [1.807, 2.05) is 36.4 Å². The van der Waals surface area contributed by atoms with Crippen molar-refractivity contribution in [1.29, 1.82) is 5.26 Å². The standard InChI is InChI=1S/C16H9BrN2O2/c17-15-8-7-14(21-15)16(20)11(9-18)13-6-5-10-3-1-2-4-12(10)19-13/h1-8,11H/t11-/m1/s1. The number of Topliss-reactive ketones (excluding diaryl/α,β-unsaturated/α-hetero) is 1. The van der Waals surface area contributed by atoms with Gasteiger partial charge in [0.15, 0.2) is 16.3 Å². The molecule has 0 fully saturated rings. The van der Waals surface area contributed by atoms with Crippen LogP contribution in [0.1, 0.15) is 22.2 Å². The maximum atomic E-state index is 12.3. The highest BCUT2D eigenvalue weighted by Crippen LogP contribution is 2.24. The molecule has 0 aliphatic carbocycles. The Hall–Kier alpha value is -2.45. The average Bonchev–Trinajstić information content (AvgIpc) is 2.94. The molecule has 0 unspecified atom stereocenters. The van der Waals surface area contributed by atoms with Crippen molar-refractivity contribution < 1.29 is 9.21 Å². The van der Waals surface area contributed by atoms with Crippen LogP contribution in [0.5, 0.6) is 0 Å². The van der Waals surface area contributed by atoms with E-state index in [1.54, 1.807) is 12.1 Å². The number of nitrogens with zero attached hydrogens (tertiary/aromatic N) is 2. The van der Waals surface area contributed by atoms with Gasteiger partial charge in [0.2, 0.25) is 5.78 Å². The normalized spacial score (nSPS) is 12.0. The van der Waals surface area contributed by atoms with Crippen LogP contribution < -0.4 is 0 Å². The number of carbonyl (C=O) groups excluding carboxylic acids is 1. The van der Waals surface area contributed by atoms with E-state index >= 15 is 0 Å². The highest BCUT2D eigenvalue weighted by molar-refractivity contribution is 9.10. The SMILES string of the molecule is N#C[C@@H](C(=O)c1ccc(Br)o1)c1ccc2ccccc2n1. The molecule has 4 nitrogen and oxygen atoms in total. The van der Waals surface area contributed by atoms with Gasteiger partial charge < -0.3 is 4.42 Å². The number of para-hydroxylation sites is 1. The summed E-state index contributed by atoms with van der Waals surface area (Å²) in [6.07, 6.45) is 0. The number of pyridine rings is 1. The number of benzene rings is 1. The molecule has 0 amide bonds. The Morgan fingerprint density at radius 2 is 2.00 bits per heavy atom. The lowest BCUT2D eigenvalue weighted by Crippen LogP contribution is -2.12. The van der Waals surface area contributed by atoms with E-state index < -0.39 is 11.7 Å². The summed E-state index contributed by atoms with van der Waals surface area (Å²) >= 11 is 3.14. The number of hydrogen-bond acceptors (Lipinski definition) is 4. The molecule has 0 spiro atoms. The van der Waals surface area contributed by atoms with Gasteiger partial charge in [-0.05, 0) is 40.2 Å². The van der Waals surface area contributed by atoms with E-state index in [9.17, 15) is 10.1 Å². The lowest BCUT2D eigenvalue weighted by molar-refractivity contribution is 0.0949. The van der Waals surface area contributed by atoms with Gasteiger partial charge in [0, 0.05) is 5.39 Å². The topological polar surface area (TPSA) is 66.9 Å². The van der Waals surface area contributed by atoms with Crippen LogP contribution >= 0.6 is 15.9 Å². The van der Waals surface area contributed by atoms with Gasteiger partial charge in [0.05, 0.1) is 17.3 Å². The minimum absolute atomic E-state index is 0.142. The van der Waals surface area contributed by atoms with E-state index in [4.69, 9.17) is 4.42 Å². The molecule has 21 heavy (non-hydrogen) atoms. The first-order valence-corrected chi connectivity index (χ1v) is 7.03. The fourth-order valence-corrected chi connectivity index (χ4v) is 2.40. The highest BCUT2D eigenvalue weighted by atomic mass is 79.9. The number of carbonyl (C=O) groups is 1. The summed E-state index contributed by atoms with van der Waals surface area (Å²) in [4.78, 5) is 16.8. The summed E-state index contributed by atoms with van der Waals surface area (Å²) in [5.74, 6) is -1.23. The van der Waals surface area contributed by atoms with E-state index in [0.29, 0.717) is 10.4 Å². The van der Waals surface area contributed by atoms with E-state index in [2.05, 4.69) is 20.9 Å². The summed E-state index contributed by atoms with van der Waals surface area (Å²) in [7, 11) is 0. The van der Waals surface area contributed by atoms with Crippen molar-refractivity contribution in [3.8, 4) is 6.07 Å². The van der Waals surface area contributed by atoms with Gasteiger partial charge in [-0.3, -0.25) is 9.78 Å².